The number of rotatable bonds is 0. The molecule has 0 saturated carbocycles. The average molecular weight is 238 g/mol. The largest absolute Gasteiger partial charge is 0.197 e. The van der Waals surface area contributed by atoms with Crippen LogP contribution in [0.4, 0.5) is 0 Å². The van der Waals surface area contributed by atoms with Crippen LogP contribution >= 0.6 is 13.5 Å². The average Bonchev–Trinajstić information content (AvgIpc) is 0. The summed E-state index contributed by atoms with van der Waals surface area (Å²) in [6.45, 7) is 0. The molecule has 0 amide bonds. The van der Waals surface area contributed by atoms with Crippen molar-refractivity contribution < 1.29 is 22.4 Å². The second-order valence-electron chi connectivity index (χ2n) is 0. The summed E-state index contributed by atoms with van der Waals surface area (Å²) in [5.41, 5.74) is 0. The van der Waals surface area contributed by atoms with Gasteiger partial charge in [-0.05, 0) is 0 Å². The standard InChI is InChI=1S/Ag.Ge.Na.H2S/h;;;1H2. The maximum absolute atomic E-state index is 0. The number of hydrogen-bond donors (Lipinski definition) is 0. The van der Waals surface area contributed by atoms with Crippen LogP contribution < -0.4 is 0 Å². The van der Waals surface area contributed by atoms with Gasteiger partial charge in [-0.25, -0.2) is 0 Å². The Labute approximate surface area is 81.7 Å². The minimum absolute atomic E-state index is 0. The molecule has 0 spiro atoms. The fraction of sp³-hybridized carbons (Fsp3) is 0. The summed E-state index contributed by atoms with van der Waals surface area (Å²) in [5.74, 6) is 0. The van der Waals surface area contributed by atoms with E-state index in [0.717, 1.165) is 0 Å². The van der Waals surface area contributed by atoms with E-state index in [4.69, 9.17) is 0 Å². The molecular weight excluding hydrogens is 236 g/mol. The van der Waals surface area contributed by atoms with E-state index in [0.29, 0.717) is 0 Å². The van der Waals surface area contributed by atoms with Crippen LogP contribution in [0.5, 0.6) is 0 Å². The molecule has 0 rings (SSSR count). The van der Waals surface area contributed by atoms with Gasteiger partial charge in [-0.1, -0.05) is 0 Å². The van der Waals surface area contributed by atoms with E-state index in [1.165, 1.54) is 0 Å². The van der Waals surface area contributed by atoms with Gasteiger partial charge in [-0.3, -0.25) is 0 Å². The monoisotopic (exact) mass is 238 g/mol. The third-order valence-corrected chi connectivity index (χ3v) is 0. The van der Waals surface area contributed by atoms with E-state index in [2.05, 4.69) is 0 Å². The van der Waals surface area contributed by atoms with Gasteiger partial charge in [0.15, 0.2) is 0 Å². The van der Waals surface area contributed by atoms with Crippen LogP contribution in [0.2, 0.25) is 0 Å². The van der Waals surface area contributed by atoms with Gasteiger partial charge >= 0.3 is 0 Å². The van der Waals surface area contributed by atoms with E-state index in [1.807, 2.05) is 0 Å². The predicted molar refractivity (Wildman–Crippen MR) is 21.9 cm³/mol. The topological polar surface area (TPSA) is 0 Å². The molecule has 0 aliphatic carbocycles. The summed E-state index contributed by atoms with van der Waals surface area (Å²) >= 11 is 0. The molecule has 0 aromatic carbocycles. The first-order chi connectivity index (χ1) is 0. The van der Waals surface area contributed by atoms with Crippen molar-refractivity contribution in [2.75, 3.05) is 0 Å². The molecule has 0 aromatic heterocycles. The summed E-state index contributed by atoms with van der Waals surface area (Å²) in [6, 6.07) is 0. The van der Waals surface area contributed by atoms with E-state index in [-0.39, 0.29) is 83.0 Å². The zero-order chi connectivity index (χ0) is 0. The molecule has 24 valence electrons. The second-order valence-corrected chi connectivity index (χ2v) is 0. The Hall–Kier alpha value is 2.63. The Balaban J connectivity index is 0. The Morgan fingerprint density at radius 1 is 1.00 bits per heavy atom. The van der Waals surface area contributed by atoms with Gasteiger partial charge in [-0.2, -0.15) is 13.5 Å². The summed E-state index contributed by atoms with van der Waals surface area (Å²) < 4.78 is 0. The van der Waals surface area contributed by atoms with Crippen molar-refractivity contribution in [3.63, 3.8) is 0 Å². The molecule has 4 heavy (non-hydrogen) atoms. The predicted octanol–water partition coefficient (Wildman–Crippen LogP) is -0.651. The SMILES string of the molecule is S.[Ag].[Ge].[Na]. The Morgan fingerprint density at radius 2 is 1.00 bits per heavy atom. The summed E-state index contributed by atoms with van der Waals surface area (Å²) in [4.78, 5) is 0. The molecule has 6 radical (unpaired) electrons. The third-order valence-electron chi connectivity index (χ3n) is 0. The van der Waals surface area contributed by atoms with Gasteiger partial charge in [0.25, 0.3) is 0 Å². The zero-order valence-electron chi connectivity index (χ0n) is 2.30. The Kier molecular flexibility index (Phi) is 132. The molecule has 0 nitrogen and oxygen atoms in total. The van der Waals surface area contributed by atoms with Gasteiger partial charge in [-0.15, -0.1) is 0 Å². The van der Waals surface area contributed by atoms with E-state index in [1.54, 1.807) is 0 Å². The van der Waals surface area contributed by atoms with Gasteiger partial charge in [0.2, 0.25) is 0 Å². The van der Waals surface area contributed by atoms with Crippen molar-refractivity contribution in [2.45, 2.75) is 0 Å². The first-order valence-electron chi connectivity index (χ1n) is 0. The van der Waals surface area contributed by atoms with Crippen LogP contribution in [-0.2, 0) is 22.4 Å². The smallest absolute Gasteiger partial charge is 0 e. The summed E-state index contributed by atoms with van der Waals surface area (Å²) in [6.07, 6.45) is 0. The molecular formula is H2AgGeNaS. The minimum atomic E-state index is 0. The number of hydrogen-bond acceptors (Lipinski definition) is 0. The van der Waals surface area contributed by atoms with Crippen molar-refractivity contribution in [3.05, 3.63) is 0 Å². The van der Waals surface area contributed by atoms with Crippen LogP contribution in [0.25, 0.3) is 0 Å². The van der Waals surface area contributed by atoms with Crippen LogP contribution in [0.1, 0.15) is 0 Å². The molecule has 0 fully saturated rings. The van der Waals surface area contributed by atoms with E-state index >= 15 is 0 Å². The van der Waals surface area contributed by atoms with E-state index < -0.39 is 0 Å². The first kappa shape index (κ1) is 30.4. The van der Waals surface area contributed by atoms with Crippen LogP contribution in [-0.4, -0.2) is 47.2 Å². The maximum atomic E-state index is 0. The molecule has 0 heterocycles. The van der Waals surface area contributed by atoms with Crippen LogP contribution in [0.3, 0.4) is 0 Å². The molecule has 0 aliphatic rings. The van der Waals surface area contributed by atoms with Crippen molar-refractivity contribution in [1.82, 2.24) is 0 Å². The van der Waals surface area contributed by atoms with Gasteiger partial charge in [0, 0.05) is 69.5 Å². The van der Waals surface area contributed by atoms with Crippen LogP contribution in [0.15, 0.2) is 0 Å². The van der Waals surface area contributed by atoms with Crippen molar-refractivity contribution in [2.24, 2.45) is 0 Å². The third kappa shape index (κ3) is 8.82. The molecule has 0 aromatic rings. The normalized spacial score (nSPS) is 0. The zero-order valence-corrected chi connectivity index (χ0v) is 8.88. The Bertz CT molecular complexity index is 8.00. The Morgan fingerprint density at radius 3 is 1.00 bits per heavy atom. The van der Waals surface area contributed by atoms with Gasteiger partial charge in [0.1, 0.15) is 0 Å². The molecule has 4 heteroatoms. The fourth-order valence-electron chi connectivity index (χ4n) is 0. The molecule has 0 aliphatic heterocycles. The van der Waals surface area contributed by atoms with E-state index in [9.17, 15) is 0 Å². The van der Waals surface area contributed by atoms with Gasteiger partial charge < -0.3 is 0 Å². The summed E-state index contributed by atoms with van der Waals surface area (Å²) in [5, 5.41) is 0. The van der Waals surface area contributed by atoms with Crippen molar-refractivity contribution >= 4 is 60.6 Å². The molecule has 0 bridgehead atoms. The van der Waals surface area contributed by atoms with Gasteiger partial charge in [0.05, 0.1) is 0 Å². The first-order valence-corrected chi connectivity index (χ1v) is 0. The molecule has 0 saturated heterocycles. The fourth-order valence-corrected chi connectivity index (χ4v) is 0. The molecule has 0 N–H and O–H groups in total. The van der Waals surface area contributed by atoms with Crippen LogP contribution in [0, 0.1) is 0 Å². The van der Waals surface area contributed by atoms with Crippen molar-refractivity contribution in [1.29, 1.82) is 0 Å². The quantitative estimate of drug-likeness (QED) is 0.491. The molecule has 0 unspecified atom stereocenters. The molecule has 0 atom stereocenters. The van der Waals surface area contributed by atoms with Crippen molar-refractivity contribution in [3.8, 4) is 0 Å². The second kappa shape index (κ2) is 17.4. The minimum Gasteiger partial charge on any atom is -0.197 e. The summed E-state index contributed by atoms with van der Waals surface area (Å²) in [7, 11) is 0. The maximum Gasteiger partial charge on any atom is 0 e.